The van der Waals surface area contributed by atoms with Crippen molar-refractivity contribution in [1.82, 2.24) is 0 Å². The van der Waals surface area contributed by atoms with Gasteiger partial charge in [0.25, 0.3) is 0 Å². The molecular weight excluding hydrogens is 190 g/mol. The van der Waals surface area contributed by atoms with E-state index in [0.29, 0.717) is 12.5 Å². The fourth-order valence-corrected chi connectivity index (χ4v) is 1.84. The molecule has 0 aromatic carbocycles. The Kier molecular flexibility index (Phi) is 6.22. The molecule has 1 rings (SSSR count). The van der Waals surface area contributed by atoms with Crippen LogP contribution in [0.2, 0.25) is 0 Å². The van der Waals surface area contributed by atoms with Crippen LogP contribution in [-0.2, 0) is 9.47 Å². The van der Waals surface area contributed by atoms with Gasteiger partial charge in [0.1, 0.15) is 0 Å². The van der Waals surface area contributed by atoms with Gasteiger partial charge in [0.2, 0.25) is 0 Å². The van der Waals surface area contributed by atoms with Gasteiger partial charge in [-0.1, -0.05) is 13.8 Å². The molecule has 1 saturated heterocycles. The third-order valence-corrected chi connectivity index (χ3v) is 2.95. The van der Waals surface area contributed by atoms with Crippen molar-refractivity contribution in [2.24, 2.45) is 17.6 Å². The van der Waals surface area contributed by atoms with E-state index >= 15 is 0 Å². The van der Waals surface area contributed by atoms with Crippen molar-refractivity contribution >= 4 is 0 Å². The fraction of sp³-hybridized carbons (Fsp3) is 1.00. The molecule has 3 heteroatoms. The maximum absolute atomic E-state index is 6.02. The first-order valence-corrected chi connectivity index (χ1v) is 6.11. The van der Waals surface area contributed by atoms with Gasteiger partial charge in [-0.15, -0.1) is 0 Å². The molecule has 0 aromatic rings. The summed E-state index contributed by atoms with van der Waals surface area (Å²) >= 11 is 0. The molecule has 2 unspecified atom stereocenters. The third kappa shape index (κ3) is 5.50. The van der Waals surface area contributed by atoms with E-state index < -0.39 is 0 Å². The minimum absolute atomic E-state index is 0.159. The molecule has 2 atom stereocenters. The summed E-state index contributed by atoms with van der Waals surface area (Å²) in [5.74, 6) is 1.28. The molecule has 1 aliphatic rings. The van der Waals surface area contributed by atoms with Crippen molar-refractivity contribution in [1.29, 1.82) is 0 Å². The highest BCUT2D eigenvalue weighted by molar-refractivity contribution is 4.75. The lowest BCUT2D eigenvalue weighted by Gasteiger charge is -2.17. The molecule has 0 bridgehead atoms. The van der Waals surface area contributed by atoms with Gasteiger partial charge in [0.15, 0.2) is 0 Å². The number of hydrogen-bond acceptors (Lipinski definition) is 3. The second-order valence-electron chi connectivity index (χ2n) is 4.90. The smallest absolute Gasteiger partial charge is 0.0621 e. The minimum atomic E-state index is 0.159. The lowest BCUT2D eigenvalue weighted by atomic mass is 10.0. The zero-order valence-electron chi connectivity index (χ0n) is 10.1. The van der Waals surface area contributed by atoms with Crippen LogP contribution in [0.15, 0.2) is 0 Å². The molecular formula is C12H25NO2. The lowest BCUT2D eigenvalue weighted by molar-refractivity contribution is 0.0952. The monoisotopic (exact) mass is 215 g/mol. The molecule has 1 heterocycles. The molecule has 0 saturated carbocycles. The number of nitrogens with two attached hydrogens (primary N) is 1. The summed E-state index contributed by atoms with van der Waals surface area (Å²) in [6, 6.07) is 0.159. The molecule has 2 N–H and O–H groups in total. The van der Waals surface area contributed by atoms with E-state index in [0.717, 1.165) is 38.6 Å². The van der Waals surface area contributed by atoms with E-state index in [4.69, 9.17) is 15.2 Å². The summed E-state index contributed by atoms with van der Waals surface area (Å²) in [6.07, 6.45) is 3.48. The summed E-state index contributed by atoms with van der Waals surface area (Å²) in [5, 5.41) is 0. The van der Waals surface area contributed by atoms with Crippen molar-refractivity contribution in [2.45, 2.75) is 39.2 Å². The Bertz CT molecular complexity index is 156. The molecule has 0 amide bonds. The van der Waals surface area contributed by atoms with Crippen LogP contribution in [0.1, 0.15) is 33.1 Å². The number of ether oxygens (including phenoxy) is 2. The highest BCUT2D eigenvalue weighted by Crippen LogP contribution is 2.15. The van der Waals surface area contributed by atoms with Crippen LogP contribution < -0.4 is 5.73 Å². The Labute approximate surface area is 93.3 Å². The highest BCUT2D eigenvalue weighted by Gasteiger charge is 2.22. The number of hydrogen-bond donors (Lipinski definition) is 1. The SMILES string of the molecule is CC(C)CCCOCC(N)C1CCOC1. The lowest BCUT2D eigenvalue weighted by Crippen LogP contribution is -2.35. The van der Waals surface area contributed by atoms with E-state index in [2.05, 4.69) is 13.8 Å². The van der Waals surface area contributed by atoms with Gasteiger partial charge in [0, 0.05) is 25.2 Å². The third-order valence-electron chi connectivity index (χ3n) is 2.95. The number of rotatable bonds is 7. The molecule has 3 nitrogen and oxygen atoms in total. The van der Waals surface area contributed by atoms with E-state index in [1.54, 1.807) is 0 Å². The largest absolute Gasteiger partial charge is 0.381 e. The van der Waals surface area contributed by atoms with Gasteiger partial charge in [-0.25, -0.2) is 0 Å². The van der Waals surface area contributed by atoms with E-state index in [1.165, 1.54) is 6.42 Å². The Morgan fingerprint density at radius 3 is 2.87 bits per heavy atom. The van der Waals surface area contributed by atoms with Crippen molar-refractivity contribution in [3.8, 4) is 0 Å². The van der Waals surface area contributed by atoms with Crippen LogP contribution in [0.5, 0.6) is 0 Å². The second-order valence-corrected chi connectivity index (χ2v) is 4.90. The summed E-state index contributed by atoms with van der Waals surface area (Å²) in [4.78, 5) is 0. The fourth-order valence-electron chi connectivity index (χ4n) is 1.84. The summed E-state index contributed by atoms with van der Waals surface area (Å²) in [7, 11) is 0. The van der Waals surface area contributed by atoms with Gasteiger partial charge >= 0.3 is 0 Å². The van der Waals surface area contributed by atoms with E-state index in [-0.39, 0.29) is 6.04 Å². The van der Waals surface area contributed by atoms with Gasteiger partial charge in [0.05, 0.1) is 13.2 Å². The maximum Gasteiger partial charge on any atom is 0.0621 e. The van der Waals surface area contributed by atoms with Crippen LogP contribution in [-0.4, -0.2) is 32.5 Å². The summed E-state index contributed by atoms with van der Waals surface area (Å²) in [5.41, 5.74) is 6.02. The predicted octanol–water partition coefficient (Wildman–Crippen LogP) is 1.80. The molecule has 0 aliphatic carbocycles. The van der Waals surface area contributed by atoms with Crippen LogP contribution in [0.4, 0.5) is 0 Å². The molecule has 90 valence electrons. The van der Waals surface area contributed by atoms with Gasteiger partial charge < -0.3 is 15.2 Å². The summed E-state index contributed by atoms with van der Waals surface area (Å²) < 4.78 is 10.9. The van der Waals surface area contributed by atoms with Gasteiger partial charge in [-0.05, 0) is 25.2 Å². The highest BCUT2D eigenvalue weighted by atomic mass is 16.5. The Hall–Kier alpha value is -0.120. The second kappa shape index (κ2) is 7.20. The van der Waals surface area contributed by atoms with Gasteiger partial charge in [-0.2, -0.15) is 0 Å². The van der Waals surface area contributed by atoms with Crippen molar-refractivity contribution in [3.63, 3.8) is 0 Å². The standard InChI is InChI=1S/C12H25NO2/c1-10(2)4-3-6-14-9-12(13)11-5-7-15-8-11/h10-12H,3-9,13H2,1-2H3. The quantitative estimate of drug-likeness (QED) is 0.659. The average Bonchev–Trinajstić information content (AvgIpc) is 2.69. The maximum atomic E-state index is 6.02. The minimum Gasteiger partial charge on any atom is -0.381 e. The van der Waals surface area contributed by atoms with E-state index in [9.17, 15) is 0 Å². The molecule has 0 spiro atoms. The zero-order chi connectivity index (χ0) is 11.1. The van der Waals surface area contributed by atoms with E-state index in [1.807, 2.05) is 0 Å². The van der Waals surface area contributed by atoms with Crippen LogP contribution in [0.3, 0.4) is 0 Å². The summed E-state index contributed by atoms with van der Waals surface area (Å²) in [6.45, 7) is 7.69. The van der Waals surface area contributed by atoms with Crippen molar-refractivity contribution in [2.75, 3.05) is 26.4 Å². The first-order chi connectivity index (χ1) is 7.20. The Morgan fingerprint density at radius 2 is 2.27 bits per heavy atom. The van der Waals surface area contributed by atoms with Gasteiger partial charge in [-0.3, -0.25) is 0 Å². The normalized spacial score (nSPS) is 23.6. The average molecular weight is 215 g/mol. The molecule has 15 heavy (non-hydrogen) atoms. The molecule has 0 radical (unpaired) electrons. The van der Waals surface area contributed by atoms with Crippen molar-refractivity contribution in [3.05, 3.63) is 0 Å². The first-order valence-electron chi connectivity index (χ1n) is 6.11. The first kappa shape index (κ1) is 12.9. The van der Waals surface area contributed by atoms with Crippen molar-refractivity contribution < 1.29 is 9.47 Å². The predicted molar refractivity (Wildman–Crippen MR) is 61.8 cm³/mol. The van der Waals surface area contributed by atoms with Crippen LogP contribution >= 0.6 is 0 Å². The molecule has 1 aliphatic heterocycles. The zero-order valence-corrected chi connectivity index (χ0v) is 10.1. The van der Waals surface area contributed by atoms with Crippen LogP contribution in [0, 0.1) is 11.8 Å². The Morgan fingerprint density at radius 1 is 1.47 bits per heavy atom. The Balaban J connectivity index is 1.94. The topological polar surface area (TPSA) is 44.5 Å². The van der Waals surface area contributed by atoms with Crippen LogP contribution in [0.25, 0.3) is 0 Å². The molecule has 1 fully saturated rings. The molecule has 0 aromatic heterocycles.